The molecule has 37 valence electrons. The second-order valence-electron chi connectivity index (χ2n) is 0. The molecule has 0 aliphatic heterocycles. The zero-order valence-electron chi connectivity index (χ0n) is 3.25. The van der Waals surface area contributed by atoms with Crippen molar-refractivity contribution in [2.75, 3.05) is 0 Å². The maximum atomic E-state index is 6.25. The average molecular weight is 120 g/mol. The molecule has 0 saturated heterocycles. The van der Waals surface area contributed by atoms with Crippen LogP contribution in [0.3, 0.4) is 0 Å². The van der Waals surface area contributed by atoms with E-state index in [0.717, 1.165) is 0 Å². The van der Waals surface area contributed by atoms with Crippen LogP contribution in [0.5, 0.6) is 0 Å². The summed E-state index contributed by atoms with van der Waals surface area (Å²) in [5.74, 6) is 0. The van der Waals surface area contributed by atoms with E-state index in [-0.39, 0.29) is 31.9 Å². The molecule has 0 atom stereocenters. The van der Waals surface area contributed by atoms with E-state index in [1.165, 1.54) is 0 Å². The van der Waals surface area contributed by atoms with Crippen molar-refractivity contribution in [3.8, 4) is 0 Å². The molecule has 0 rings (SSSR count). The molecule has 0 bridgehead atoms. The summed E-state index contributed by atoms with van der Waals surface area (Å²) in [6, 6.07) is 0. The third-order valence-corrected chi connectivity index (χ3v) is 0. The van der Waals surface area contributed by atoms with Crippen LogP contribution in [0.1, 0.15) is 0 Å². The van der Waals surface area contributed by atoms with Gasteiger partial charge < -0.3 is 26.7 Å². The van der Waals surface area contributed by atoms with Crippen molar-refractivity contribution < 1.29 is 17.1 Å². The van der Waals surface area contributed by atoms with Crippen LogP contribution in [0.25, 0.3) is 0 Å². The Hall–Kier alpha value is 0.00948. The molecule has 0 saturated carbocycles. The van der Waals surface area contributed by atoms with Crippen LogP contribution in [-0.4, -0.2) is 0 Å². The first kappa shape index (κ1) is 79.0. The summed E-state index contributed by atoms with van der Waals surface area (Å²) in [4.78, 5) is 0. The van der Waals surface area contributed by atoms with E-state index in [9.17, 15) is 0 Å². The van der Waals surface area contributed by atoms with E-state index >= 15 is 0 Å². The first-order chi connectivity index (χ1) is 1.00. The summed E-state index contributed by atoms with van der Waals surface area (Å²) in [5, 5.41) is 6.25. The van der Waals surface area contributed by atoms with E-state index in [0.29, 0.717) is 0 Å². The fourth-order valence-electron chi connectivity index (χ4n) is 0. The largest absolute Gasteiger partial charge is 0.512 e. The van der Waals surface area contributed by atoms with Crippen LogP contribution in [0.15, 0.2) is 0 Å². The standard InChI is InChI=1S/CN.2CH3.Cu/c1-2;;;/h;2*1H3;/q3*-1;. The number of hydrogen-bond donors (Lipinski definition) is 0. The van der Waals surface area contributed by atoms with Crippen molar-refractivity contribution in [3.63, 3.8) is 0 Å². The molecule has 0 fully saturated rings. The number of rotatable bonds is 0. The molecule has 0 amide bonds. The number of nitrogens with zero attached hydrogens (tertiary/aromatic N) is 1. The Morgan fingerprint density at radius 2 is 1.00 bits per heavy atom. The zero-order valence-corrected chi connectivity index (χ0v) is 4.19. The van der Waals surface area contributed by atoms with Gasteiger partial charge in [0.1, 0.15) is 0 Å². The average Bonchev–Trinajstić information content (AvgIpc) is 1.00. The van der Waals surface area contributed by atoms with Gasteiger partial charge in [-0.1, -0.05) is 0 Å². The Morgan fingerprint density at radius 3 is 1.00 bits per heavy atom. The van der Waals surface area contributed by atoms with E-state index in [2.05, 4.69) is 0 Å². The first-order valence-corrected chi connectivity index (χ1v) is 0.224. The van der Waals surface area contributed by atoms with Crippen LogP contribution < -0.4 is 0 Å². The molecule has 0 heterocycles. The molecule has 0 spiro atoms. The molecule has 0 aromatic carbocycles. The summed E-state index contributed by atoms with van der Waals surface area (Å²) >= 11 is 0. The first-order valence-electron chi connectivity index (χ1n) is 0.224. The molecule has 2 heteroatoms. The van der Waals surface area contributed by atoms with Gasteiger partial charge in [-0.15, -0.1) is 0 Å². The summed E-state index contributed by atoms with van der Waals surface area (Å²) in [5.41, 5.74) is 0. The topological polar surface area (TPSA) is 23.8 Å². The fraction of sp³-hybridized carbons (Fsp3) is 0. The number of hydrogen-bond acceptors (Lipinski definition) is 1. The molecule has 0 aliphatic carbocycles. The van der Waals surface area contributed by atoms with Crippen LogP contribution in [-0.2, 0) is 17.1 Å². The normalized spacial score (nSPS) is 0.400. The van der Waals surface area contributed by atoms with Crippen molar-refractivity contribution in [1.82, 2.24) is 0 Å². The predicted octanol–water partition coefficient (Wildman–Crippen LogP) is 0.994. The second kappa shape index (κ2) is 404000. The summed E-state index contributed by atoms with van der Waals surface area (Å²) in [6.07, 6.45) is 0. The van der Waals surface area contributed by atoms with Gasteiger partial charge in [-0.05, 0) is 0 Å². The fourth-order valence-corrected chi connectivity index (χ4v) is 0. The minimum absolute atomic E-state index is 0. The summed E-state index contributed by atoms with van der Waals surface area (Å²) in [7, 11) is 0. The summed E-state index contributed by atoms with van der Waals surface area (Å²) < 4.78 is 0. The minimum atomic E-state index is 0. The zero-order chi connectivity index (χ0) is 2.00. The third-order valence-electron chi connectivity index (χ3n) is 0. The molecule has 0 aliphatic rings. The molecule has 0 N–H and O–H groups in total. The molecule has 0 aromatic heterocycles. The van der Waals surface area contributed by atoms with Gasteiger partial charge >= 0.3 is 0 Å². The quantitative estimate of drug-likeness (QED) is 0.345. The molecule has 1 radical (unpaired) electrons. The van der Waals surface area contributed by atoms with Gasteiger partial charge in [0.15, 0.2) is 0 Å². The predicted molar refractivity (Wildman–Crippen MR) is 17.8 cm³/mol. The Labute approximate surface area is 44.5 Å². The Bertz CT molecular complexity index is 11.6. The third kappa shape index (κ3) is 180000. The second-order valence-corrected chi connectivity index (χ2v) is 0. The van der Waals surface area contributed by atoms with Crippen molar-refractivity contribution in [3.05, 3.63) is 21.4 Å². The van der Waals surface area contributed by atoms with Gasteiger partial charge in [-0.2, -0.15) is 0 Å². The monoisotopic (exact) mass is 119 g/mol. The molecular formula is C3H6CuN-3. The maximum absolute atomic E-state index is 6.25. The Kier molecular flexibility index (Phi) is 6390000. The molecule has 1 nitrogen and oxygen atoms in total. The van der Waals surface area contributed by atoms with Crippen molar-refractivity contribution in [2.45, 2.75) is 0 Å². The van der Waals surface area contributed by atoms with Gasteiger partial charge in [0.2, 0.25) is 0 Å². The van der Waals surface area contributed by atoms with Gasteiger partial charge in [-0.25, -0.2) is 0 Å². The maximum Gasteiger partial charge on any atom is 0 e. The van der Waals surface area contributed by atoms with Crippen molar-refractivity contribution in [1.29, 1.82) is 5.26 Å². The van der Waals surface area contributed by atoms with E-state index in [4.69, 9.17) is 11.8 Å². The molecule has 0 unspecified atom stereocenters. The SMILES string of the molecule is [C-]#N.[CH3-].[CH3-].[Cu]. The minimum Gasteiger partial charge on any atom is -0.512 e. The molecular weight excluding hydrogens is 114 g/mol. The van der Waals surface area contributed by atoms with Crippen LogP contribution in [0.4, 0.5) is 0 Å². The summed E-state index contributed by atoms with van der Waals surface area (Å²) in [6.45, 7) is 4.75. The van der Waals surface area contributed by atoms with E-state index < -0.39 is 0 Å². The van der Waals surface area contributed by atoms with Crippen molar-refractivity contribution >= 4 is 0 Å². The van der Waals surface area contributed by atoms with Gasteiger partial charge in [0.05, 0.1) is 0 Å². The van der Waals surface area contributed by atoms with Crippen LogP contribution >= 0.6 is 0 Å². The smallest absolute Gasteiger partial charge is 0 e. The molecule has 0 aromatic rings. The van der Waals surface area contributed by atoms with Gasteiger partial charge in [0, 0.05) is 17.1 Å². The Balaban J connectivity index is -0.00000000167. The van der Waals surface area contributed by atoms with E-state index in [1.807, 2.05) is 0 Å². The van der Waals surface area contributed by atoms with Crippen molar-refractivity contribution in [2.24, 2.45) is 0 Å². The van der Waals surface area contributed by atoms with Crippen LogP contribution in [0.2, 0.25) is 0 Å². The van der Waals surface area contributed by atoms with Crippen LogP contribution in [0, 0.1) is 26.7 Å². The van der Waals surface area contributed by atoms with E-state index in [1.54, 1.807) is 0 Å². The van der Waals surface area contributed by atoms with Gasteiger partial charge in [-0.3, -0.25) is 0 Å². The Morgan fingerprint density at radius 1 is 1.00 bits per heavy atom. The van der Waals surface area contributed by atoms with Gasteiger partial charge in [0.25, 0.3) is 0 Å². The molecule has 5 heavy (non-hydrogen) atoms.